The summed E-state index contributed by atoms with van der Waals surface area (Å²) in [5.74, 6) is 1.75. The van der Waals surface area contributed by atoms with Gasteiger partial charge in [-0.3, -0.25) is 0 Å². The Hall–Kier alpha value is -1.96. The monoisotopic (exact) mass is 298 g/mol. The summed E-state index contributed by atoms with van der Waals surface area (Å²) >= 11 is 0. The molecule has 2 heteroatoms. The van der Waals surface area contributed by atoms with Gasteiger partial charge in [-0.15, -0.1) is 0 Å². The second-order valence-corrected chi connectivity index (χ2v) is 7.42. The maximum atomic E-state index is 6.12. The minimum absolute atomic E-state index is 0.240. The zero-order chi connectivity index (χ0) is 16.4. The molecule has 0 heterocycles. The highest BCUT2D eigenvalue weighted by atomic mass is 16.5. The van der Waals surface area contributed by atoms with E-state index in [9.17, 15) is 0 Å². The van der Waals surface area contributed by atoms with Gasteiger partial charge >= 0.3 is 0 Å². The van der Waals surface area contributed by atoms with Crippen LogP contribution in [0.3, 0.4) is 0 Å². The predicted octanol–water partition coefficient (Wildman–Crippen LogP) is 5.71. The van der Waals surface area contributed by atoms with E-state index in [0.717, 1.165) is 22.6 Å². The van der Waals surface area contributed by atoms with Crippen molar-refractivity contribution in [1.29, 1.82) is 0 Å². The summed E-state index contributed by atoms with van der Waals surface area (Å²) in [6, 6.07) is 16.2. The molecule has 118 valence electrons. The Balaban J connectivity index is 2.49. The molecule has 0 spiro atoms. The van der Waals surface area contributed by atoms with Gasteiger partial charge in [0.2, 0.25) is 0 Å². The molecule has 0 radical (unpaired) electrons. The number of rotatable bonds is 3. The van der Waals surface area contributed by atoms with Crippen LogP contribution >= 0.6 is 0 Å². The molecule has 2 aromatic rings. The molecule has 0 aliphatic rings. The van der Waals surface area contributed by atoms with Gasteiger partial charge in [0.15, 0.2) is 0 Å². The fourth-order valence-electron chi connectivity index (χ4n) is 2.22. The molecule has 0 amide bonds. The molecular formula is C20H26O2. The van der Waals surface area contributed by atoms with Gasteiger partial charge < -0.3 is 9.47 Å². The lowest BCUT2D eigenvalue weighted by Crippen LogP contribution is -2.24. The summed E-state index contributed by atoms with van der Waals surface area (Å²) in [5, 5.41) is 0. The van der Waals surface area contributed by atoms with Crippen LogP contribution in [0, 0.1) is 0 Å². The summed E-state index contributed by atoms with van der Waals surface area (Å²) in [6.45, 7) is 12.3. The lowest BCUT2D eigenvalue weighted by molar-refractivity contribution is 0.128. The SMILES string of the molecule is CC(C)(C)Oc1ccccc1-c1ccccc1OC(C)(C)C. The van der Waals surface area contributed by atoms with Crippen LogP contribution in [0.5, 0.6) is 11.5 Å². The fourth-order valence-corrected chi connectivity index (χ4v) is 2.22. The Morgan fingerprint density at radius 3 is 1.18 bits per heavy atom. The second kappa shape index (κ2) is 6.04. The van der Waals surface area contributed by atoms with Crippen LogP contribution < -0.4 is 9.47 Å². The first-order chi connectivity index (χ1) is 10.2. The molecule has 0 N–H and O–H groups in total. The molecule has 2 aromatic carbocycles. The van der Waals surface area contributed by atoms with Crippen molar-refractivity contribution in [3.8, 4) is 22.6 Å². The molecule has 0 unspecified atom stereocenters. The number of benzene rings is 2. The molecule has 0 fully saturated rings. The van der Waals surface area contributed by atoms with Crippen LogP contribution in [0.15, 0.2) is 48.5 Å². The minimum atomic E-state index is -0.240. The standard InChI is InChI=1S/C20H26O2/c1-19(2,3)21-17-13-9-7-11-15(17)16-12-8-10-14-18(16)22-20(4,5)6/h7-14H,1-6H3. The summed E-state index contributed by atoms with van der Waals surface area (Å²) in [7, 11) is 0. The lowest BCUT2D eigenvalue weighted by atomic mass is 10.0. The first-order valence-electron chi connectivity index (χ1n) is 7.72. The lowest BCUT2D eigenvalue weighted by Gasteiger charge is -2.26. The summed E-state index contributed by atoms with van der Waals surface area (Å²) in [5.41, 5.74) is 1.63. The topological polar surface area (TPSA) is 18.5 Å². The average molecular weight is 298 g/mol. The van der Waals surface area contributed by atoms with Crippen LogP contribution in [0.2, 0.25) is 0 Å². The molecule has 0 saturated heterocycles. The molecule has 2 rings (SSSR count). The van der Waals surface area contributed by atoms with Crippen molar-refractivity contribution in [2.75, 3.05) is 0 Å². The van der Waals surface area contributed by atoms with Crippen molar-refractivity contribution < 1.29 is 9.47 Å². The largest absolute Gasteiger partial charge is 0.488 e. The van der Waals surface area contributed by atoms with E-state index in [-0.39, 0.29) is 11.2 Å². The van der Waals surface area contributed by atoms with Gasteiger partial charge in [-0.1, -0.05) is 36.4 Å². The quantitative estimate of drug-likeness (QED) is 0.722. The van der Waals surface area contributed by atoms with Gasteiger partial charge in [-0.2, -0.15) is 0 Å². The number of ether oxygens (including phenoxy) is 2. The molecule has 0 aliphatic heterocycles. The number of para-hydroxylation sites is 2. The van der Waals surface area contributed by atoms with Gasteiger partial charge in [0.1, 0.15) is 22.7 Å². The Kier molecular flexibility index (Phi) is 4.50. The van der Waals surface area contributed by atoms with E-state index in [1.165, 1.54) is 0 Å². The van der Waals surface area contributed by atoms with E-state index in [4.69, 9.17) is 9.47 Å². The third-order valence-electron chi connectivity index (χ3n) is 2.90. The van der Waals surface area contributed by atoms with Crippen LogP contribution in [-0.4, -0.2) is 11.2 Å². The predicted molar refractivity (Wildman–Crippen MR) is 92.6 cm³/mol. The summed E-state index contributed by atoms with van der Waals surface area (Å²) in [6.07, 6.45) is 0. The third kappa shape index (κ3) is 4.52. The van der Waals surface area contributed by atoms with Gasteiger partial charge in [-0.05, 0) is 53.7 Å². The first-order valence-corrected chi connectivity index (χ1v) is 7.72. The second-order valence-electron chi connectivity index (χ2n) is 7.42. The molecule has 22 heavy (non-hydrogen) atoms. The normalized spacial score (nSPS) is 12.1. The Labute approximate surface area is 134 Å². The van der Waals surface area contributed by atoms with Crippen molar-refractivity contribution in [1.82, 2.24) is 0 Å². The van der Waals surface area contributed by atoms with Crippen LogP contribution in [-0.2, 0) is 0 Å². The van der Waals surface area contributed by atoms with Crippen molar-refractivity contribution in [2.45, 2.75) is 52.7 Å². The van der Waals surface area contributed by atoms with E-state index >= 15 is 0 Å². The maximum absolute atomic E-state index is 6.12. The third-order valence-corrected chi connectivity index (χ3v) is 2.90. The van der Waals surface area contributed by atoms with Crippen molar-refractivity contribution in [3.05, 3.63) is 48.5 Å². The highest BCUT2D eigenvalue weighted by Crippen LogP contribution is 2.38. The smallest absolute Gasteiger partial charge is 0.128 e. The highest BCUT2D eigenvalue weighted by molar-refractivity contribution is 5.75. The molecular weight excluding hydrogens is 272 g/mol. The Morgan fingerprint density at radius 2 is 0.864 bits per heavy atom. The van der Waals surface area contributed by atoms with Crippen molar-refractivity contribution >= 4 is 0 Å². The molecule has 0 saturated carbocycles. The van der Waals surface area contributed by atoms with Gasteiger partial charge in [0.05, 0.1) is 0 Å². The number of hydrogen-bond acceptors (Lipinski definition) is 2. The van der Waals surface area contributed by atoms with Crippen molar-refractivity contribution in [2.24, 2.45) is 0 Å². The zero-order valence-corrected chi connectivity index (χ0v) is 14.4. The molecule has 0 aliphatic carbocycles. The Bertz CT molecular complexity index is 573. The summed E-state index contributed by atoms with van der Waals surface area (Å²) < 4.78 is 12.2. The van der Waals surface area contributed by atoms with E-state index < -0.39 is 0 Å². The van der Waals surface area contributed by atoms with Crippen LogP contribution in [0.25, 0.3) is 11.1 Å². The van der Waals surface area contributed by atoms with Crippen molar-refractivity contribution in [3.63, 3.8) is 0 Å². The van der Waals surface area contributed by atoms with E-state index in [2.05, 4.69) is 53.7 Å². The first kappa shape index (κ1) is 16.4. The molecule has 2 nitrogen and oxygen atoms in total. The van der Waals surface area contributed by atoms with Crippen LogP contribution in [0.4, 0.5) is 0 Å². The molecule has 0 bridgehead atoms. The van der Waals surface area contributed by atoms with Crippen LogP contribution in [0.1, 0.15) is 41.5 Å². The minimum Gasteiger partial charge on any atom is -0.488 e. The van der Waals surface area contributed by atoms with E-state index in [1.807, 2.05) is 36.4 Å². The molecule has 0 atom stereocenters. The molecule has 0 aromatic heterocycles. The van der Waals surface area contributed by atoms with Gasteiger partial charge in [0.25, 0.3) is 0 Å². The Morgan fingerprint density at radius 1 is 0.545 bits per heavy atom. The van der Waals surface area contributed by atoms with Gasteiger partial charge in [0, 0.05) is 11.1 Å². The number of hydrogen-bond donors (Lipinski definition) is 0. The van der Waals surface area contributed by atoms with E-state index in [0.29, 0.717) is 0 Å². The average Bonchev–Trinajstić information content (AvgIpc) is 2.36. The summed E-state index contributed by atoms with van der Waals surface area (Å²) in [4.78, 5) is 0. The van der Waals surface area contributed by atoms with Gasteiger partial charge in [-0.25, -0.2) is 0 Å². The maximum Gasteiger partial charge on any atom is 0.128 e. The zero-order valence-electron chi connectivity index (χ0n) is 14.4. The highest BCUT2D eigenvalue weighted by Gasteiger charge is 2.19. The van der Waals surface area contributed by atoms with E-state index in [1.54, 1.807) is 0 Å². The fraction of sp³-hybridized carbons (Fsp3) is 0.400.